The fourth-order valence-electron chi connectivity index (χ4n) is 4.37. The molecule has 3 N–H and O–H groups in total. The molecule has 2 aromatic rings. The predicted molar refractivity (Wildman–Crippen MR) is 105 cm³/mol. The Kier molecular flexibility index (Phi) is 5.05. The van der Waals surface area contributed by atoms with E-state index in [4.69, 9.17) is 10.5 Å². The molecule has 6 nitrogen and oxygen atoms in total. The second kappa shape index (κ2) is 7.64. The van der Waals surface area contributed by atoms with Gasteiger partial charge in [-0.1, -0.05) is 48.5 Å². The molecule has 0 spiro atoms. The number of amides is 1. The van der Waals surface area contributed by atoms with Crippen LogP contribution in [0.5, 0.6) is 0 Å². The number of fused-ring (bicyclic) bond motifs is 3. The van der Waals surface area contributed by atoms with Crippen molar-refractivity contribution in [2.24, 2.45) is 11.7 Å². The minimum Gasteiger partial charge on any atom is -0.480 e. The highest BCUT2D eigenvalue weighted by atomic mass is 16.6. The summed E-state index contributed by atoms with van der Waals surface area (Å²) in [6.07, 6.45) is 0.537. The van der Waals surface area contributed by atoms with E-state index in [9.17, 15) is 14.7 Å². The van der Waals surface area contributed by atoms with Gasteiger partial charge in [0.1, 0.15) is 12.6 Å². The van der Waals surface area contributed by atoms with Gasteiger partial charge in [0, 0.05) is 12.5 Å². The molecular weight excluding hydrogens is 356 g/mol. The third-order valence-electron chi connectivity index (χ3n) is 5.87. The number of aliphatic carboxylic acids is 1. The average Bonchev–Trinajstić information content (AvgIpc) is 3.05. The molecular formula is C22H24N2O4. The second-order valence-electron chi connectivity index (χ2n) is 7.49. The van der Waals surface area contributed by atoms with Crippen LogP contribution in [0.25, 0.3) is 11.1 Å². The van der Waals surface area contributed by atoms with E-state index in [1.165, 1.54) is 4.90 Å². The van der Waals surface area contributed by atoms with Gasteiger partial charge < -0.3 is 15.6 Å². The maximum Gasteiger partial charge on any atom is 0.410 e. The number of carboxylic acids is 1. The van der Waals surface area contributed by atoms with Crippen molar-refractivity contribution in [1.29, 1.82) is 0 Å². The van der Waals surface area contributed by atoms with Crippen molar-refractivity contribution >= 4 is 12.1 Å². The Bertz CT molecular complexity index is 852. The molecule has 1 aliphatic heterocycles. The Balaban J connectivity index is 1.52. The van der Waals surface area contributed by atoms with Crippen LogP contribution in [-0.4, -0.2) is 47.8 Å². The fraction of sp³-hybridized carbons (Fsp3) is 0.364. The molecule has 0 bridgehead atoms. The van der Waals surface area contributed by atoms with Gasteiger partial charge in [-0.2, -0.15) is 0 Å². The van der Waals surface area contributed by atoms with Gasteiger partial charge in [-0.3, -0.25) is 4.90 Å². The first-order chi connectivity index (χ1) is 13.6. The summed E-state index contributed by atoms with van der Waals surface area (Å²) in [7, 11) is 0. The van der Waals surface area contributed by atoms with E-state index in [1.807, 2.05) is 24.3 Å². The third-order valence-corrected chi connectivity index (χ3v) is 5.87. The Morgan fingerprint density at radius 2 is 1.64 bits per heavy atom. The summed E-state index contributed by atoms with van der Waals surface area (Å²) in [6.45, 7) is 0.937. The average molecular weight is 380 g/mol. The summed E-state index contributed by atoms with van der Waals surface area (Å²) >= 11 is 0. The van der Waals surface area contributed by atoms with Crippen LogP contribution >= 0.6 is 0 Å². The van der Waals surface area contributed by atoms with Crippen LogP contribution in [0.15, 0.2) is 48.5 Å². The minimum atomic E-state index is -0.996. The Morgan fingerprint density at radius 1 is 1.04 bits per heavy atom. The molecule has 2 aromatic carbocycles. The van der Waals surface area contributed by atoms with Crippen molar-refractivity contribution < 1.29 is 19.4 Å². The van der Waals surface area contributed by atoms with Gasteiger partial charge >= 0.3 is 12.1 Å². The molecule has 6 heteroatoms. The zero-order chi connectivity index (χ0) is 19.7. The highest BCUT2D eigenvalue weighted by molar-refractivity contribution is 5.81. The molecule has 0 saturated carbocycles. The van der Waals surface area contributed by atoms with Crippen molar-refractivity contribution in [3.8, 4) is 11.1 Å². The summed E-state index contributed by atoms with van der Waals surface area (Å²) in [5, 5.41) is 9.48. The van der Waals surface area contributed by atoms with Crippen LogP contribution in [0, 0.1) is 5.92 Å². The lowest BCUT2D eigenvalue weighted by molar-refractivity contribution is -0.144. The van der Waals surface area contributed by atoms with Crippen LogP contribution in [0.4, 0.5) is 4.79 Å². The Hall–Kier alpha value is -2.86. The second-order valence-corrected chi connectivity index (χ2v) is 7.49. The van der Waals surface area contributed by atoms with Crippen LogP contribution in [-0.2, 0) is 9.53 Å². The van der Waals surface area contributed by atoms with Gasteiger partial charge in [0.05, 0.1) is 0 Å². The summed E-state index contributed by atoms with van der Waals surface area (Å²) in [5.41, 5.74) is 10.3. The van der Waals surface area contributed by atoms with E-state index in [-0.39, 0.29) is 18.4 Å². The third kappa shape index (κ3) is 3.24. The summed E-state index contributed by atoms with van der Waals surface area (Å²) in [4.78, 5) is 25.7. The highest BCUT2D eigenvalue weighted by Gasteiger charge is 2.37. The Morgan fingerprint density at radius 3 is 2.21 bits per heavy atom. The standard InChI is InChI=1S/C22H24N2O4/c23-11-14-9-10-20(21(25)26)24(12-14)22(27)28-13-19-17-7-3-1-5-15(17)16-6-2-4-8-18(16)19/h1-8,14,19-20H,9-13,23H2,(H,25,26)/t14-,20-/m1/s1. The maximum absolute atomic E-state index is 12.8. The number of carbonyl (C=O) groups is 2. The zero-order valence-electron chi connectivity index (χ0n) is 15.6. The fourth-order valence-corrected chi connectivity index (χ4v) is 4.37. The van der Waals surface area contributed by atoms with Crippen LogP contribution in [0.1, 0.15) is 29.9 Å². The van der Waals surface area contributed by atoms with Crippen LogP contribution in [0.3, 0.4) is 0 Å². The number of hydrogen-bond acceptors (Lipinski definition) is 4. The summed E-state index contributed by atoms with van der Waals surface area (Å²) < 4.78 is 5.64. The zero-order valence-corrected chi connectivity index (χ0v) is 15.6. The molecule has 1 amide bonds. The number of carboxylic acid groups (broad SMARTS) is 1. The molecule has 0 radical (unpaired) electrons. The number of nitrogens with zero attached hydrogens (tertiary/aromatic N) is 1. The quantitative estimate of drug-likeness (QED) is 0.850. The molecule has 1 fully saturated rings. The topological polar surface area (TPSA) is 92.9 Å². The number of hydrogen-bond donors (Lipinski definition) is 2. The van der Waals surface area contributed by atoms with Crippen molar-refractivity contribution in [3.63, 3.8) is 0 Å². The van der Waals surface area contributed by atoms with E-state index < -0.39 is 18.1 Å². The van der Waals surface area contributed by atoms with Gasteiger partial charge in [0.2, 0.25) is 0 Å². The number of benzene rings is 2. The number of carbonyl (C=O) groups excluding carboxylic acids is 1. The molecule has 0 aromatic heterocycles. The smallest absolute Gasteiger partial charge is 0.410 e. The van der Waals surface area contributed by atoms with E-state index in [0.717, 1.165) is 22.3 Å². The number of piperidine rings is 1. The molecule has 4 rings (SSSR count). The maximum atomic E-state index is 12.8. The van der Waals surface area contributed by atoms with Gasteiger partial charge in [-0.05, 0) is 47.6 Å². The SMILES string of the molecule is NC[C@H]1CC[C@H](C(=O)O)N(C(=O)OCC2c3ccccc3-c3ccccc32)C1. The summed E-state index contributed by atoms with van der Waals surface area (Å²) in [6, 6.07) is 15.4. The molecule has 2 atom stereocenters. The number of nitrogens with two attached hydrogens (primary N) is 1. The van der Waals surface area contributed by atoms with Gasteiger partial charge in [0.15, 0.2) is 0 Å². The first-order valence-corrected chi connectivity index (χ1v) is 9.64. The minimum absolute atomic E-state index is 0.0466. The molecule has 0 unspecified atom stereocenters. The van der Waals surface area contributed by atoms with Crippen LogP contribution < -0.4 is 5.73 Å². The number of rotatable bonds is 4. The molecule has 1 saturated heterocycles. The van der Waals surface area contributed by atoms with E-state index in [2.05, 4.69) is 24.3 Å². The van der Waals surface area contributed by atoms with Crippen LogP contribution in [0.2, 0.25) is 0 Å². The Labute approximate surface area is 163 Å². The van der Waals surface area contributed by atoms with Crippen molar-refractivity contribution in [2.45, 2.75) is 24.8 Å². The molecule has 1 heterocycles. The highest BCUT2D eigenvalue weighted by Crippen LogP contribution is 2.44. The van der Waals surface area contributed by atoms with E-state index >= 15 is 0 Å². The largest absolute Gasteiger partial charge is 0.480 e. The lowest BCUT2D eigenvalue weighted by atomic mass is 9.93. The summed E-state index contributed by atoms with van der Waals surface area (Å²) in [5.74, 6) is -0.935. The number of likely N-dealkylation sites (tertiary alicyclic amines) is 1. The molecule has 146 valence electrons. The predicted octanol–water partition coefficient (Wildman–Crippen LogP) is 3.06. The van der Waals surface area contributed by atoms with Crippen molar-refractivity contribution in [1.82, 2.24) is 4.90 Å². The van der Waals surface area contributed by atoms with E-state index in [1.54, 1.807) is 0 Å². The van der Waals surface area contributed by atoms with E-state index in [0.29, 0.717) is 25.9 Å². The van der Waals surface area contributed by atoms with Gasteiger partial charge in [-0.15, -0.1) is 0 Å². The number of ether oxygens (including phenoxy) is 1. The first kappa shape index (κ1) is 18.5. The van der Waals surface area contributed by atoms with Gasteiger partial charge in [0.25, 0.3) is 0 Å². The molecule has 28 heavy (non-hydrogen) atoms. The van der Waals surface area contributed by atoms with Crippen molar-refractivity contribution in [3.05, 3.63) is 59.7 Å². The van der Waals surface area contributed by atoms with Gasteiger partial charge in [-0.25, -0.2) is 9.59 Å². The normalized spacial score (nSPS) is 21.1. The molecule has 1 aliphatic carbocycles. The van der Waals surface area contributed by atoms with Crippen molar-refractivity contribution in [2.75, 3.05) is 19.7 Å². The monoisotopic (exact) mass is 380 g/mol. The lowest BCUT2D eigenvalue weighted by Crippen LogP contribution is -2.52. The lowest BCUT2D eigenvalue weighted by Gasteiger charge is -2.36. The first-order valence-electron chi connectivity index (χ1n) is 9.64. The molecule has 2 aliphatic rings.